The molecule has 0 atom stereocenters. The van der Waals surface area contributed by atoms with Crippen LogP contribution in [0.5, 0.6) is 5.75 Å². The molecule has 0 unspecified atom stereocenters. The fourth-order valence-corrected chi connectivity index (χ4v) is 3.67. The Morgan fingerprint density at radius 2 is 1.96 bits per heavy atom. The summed E-state index contributed by atoms with van der Waals surface area (Å²) in [5, 5.41) is 11.6. The second kappa shape index (κ2) is 7.50. The second-order valence-corrected chi connectivity index (χ2v) is 7.15. The topological polar surface area (TPSA) is 82.2 Å². The van der Waals surface area contributed by atoms with Crippen LogP contribution in [-0.4, -0.2) is 28.0 Å². The number of hydrogen-bond acceptors (Lipinski definition) is 5. The van der Waals surface area contributed by atoms with E-state index in [-0.39, 0.29) is 5.91 Å². The van der Waals surface area contributed by atoms with Crippen LogP contribution in [0.3, 0.4) is 0 Å². The third-order valence-electron chi connectivity index (χ3n) is 5.28. The van der Waals surface area contributed by atoms with E-state index in [9.17, 15) is 4.79 Å². The number of nitrogens with zero attached hydrogens (tertiary/aromatic N) is 3. The van der Waals surface area contributed by atoms with Crippen LogP contribution in [0.2, 0.25) is 0 Å². The van der Waals surface area contributed by atoms with Gasteiger partial charge in [-0.2, -0.15) is 5.10 Å². The van der Waals surface area contributed by atoms with Crippen molar-refractivity contribution < 1.29 is 14.1 Å². The maximum Gasteiger partial charge on any atom is 0.278 e. The van der Waals surface area contributed by atoms with E-state index >= 15 is 0 Å². The smallest absolute Gasteiger partial charge is 0.278 e. The third kappa shape index (κ3) is 3.40. The van der Waals surface area contributed by atoms with Crippen molar-refractivity contribution in [3.05, 3.63) is 58.2 Å². The van der Waals surface area contributed by atoms with Gasteiger partial charge >= 0.3 is 0 Å². The van der Waals surface area contributed by atoms with E-state index in [1.807, 2.05) is 42.8 Å². The van der Waals surface area contributed by atoms with Gasteiger partial charge in [-0.25, -0.2) is 0 Å². The number of rotatable bonds is 5. The summed E-state index contributed by atoms with van der Waals surface area (Å²) in [7, 11) is 1.65. The molecule has 1 aromatic carbocycles. The van der Waals surface area contributed by atoms with E-state index in [1.165, 1.54) is 0 Å². The first kappa shape index (κ1) is 18.3. The highest BCUT2D eigenvalue weighted by molar-refractivity contribution is 6.04. The zero-order valence-corrected chi connectivity index (χ0v) is 16.4. The molecule has 3 aromatic rings. The average Bonchev–Trinajstić information content (AvgIpc) is 3.25. The van der Waals surface area contributed by atoms with Crippen LogP contribution in [0, 0.1) is 13.8 Å². The van der Waals surface area contributed by atoms with Crippen LogP contribution in [0.1, 0.15) is 51.6 Å². The number of nitrogens with one attached hydrogen (secondary N) is 1. The van der Waals surface area contributed by atoms with Gasteiger partial charge in [-0.15, -0.1) is 0 Å². The summed E-state index contributed by atoms with van der Waals surface area (Å²) in [6.07, 6.45) is 3.84. The lowest BCUT2D eigenvalue weighted by atomic mass is 9.96. The standard InChI is InChI=1S/C21H24N4O3/c1-13-19(22-21(26)20-17-6-4-5-7-18(17)28-24-20)14(2)25(23-13)12-15-8-10-16(27-3)11-9-15/h8-11H,4-7,12H2,1-3H3,(H,22,26). The minimum absolute atomic E-state index is 0.234. The number of fused-ring (bicyclic) bond motifs is 1. The van der Waals surface area contributed by atoms with Gasteiger partial charge in [-0.1, -0.05) is 17.3 Å². The quantitative estimate of drug-likeness (QED) is 0.730. The zero-order valence-electron chi connectivity index (χ0n) is 16.4. The number of amides is 1. The Morgan fingerprint density at radius 1 is 1.21 bits per heavy atom. The molecule has 4 rings (SSSR count). The number of hydrogen-bond donors (Lipinski definition) is 1. The van der Waals surface area contributed by atoms with Crippen molar-refractivity contribution in [3.63, 3.8) is 0 Å². The van der Waals surface area contributed by atoms with Crippen LogP contribution in [0.25, 0.3) is 0 Å². The number of aryl methyl sites for hydroxylation is 2. The Labute approximate surface area is 163 Å². The zero-order chi connectivity index (χ0) is 19.7. The highest BCUT2D eigenvalue weighted by Crippen LogP contribution is 2.26. The van der Waals surface area contributed by atoms with E-state index in [4.69, 9.17) is 9.26 Å². The van der Waals surface area contributed by atoms with Gasteiger partial charge in [0.05, 0.1) is 30.7 Å². The van der Waals surface area contributed by atoms with Crippen LogP contribution in [-0.2, 0) is 19.4 Å². The molecule has 28 heavy (non-hydrogen) atoms. The van der Waals surface area contributed by atoms with Gasteiger partial charge in [0.15, 0.2) is 5.69 Å². The van der Waals surface area contributed by atoms with Crippen LogP contribution in [0.4, 0.5) is 5.69 Å². The molecule has 1 N–H and O–H groups in total. The molecular formula is C21H24N4O3. The van der Waals surface area contributed by atoms with Crippen molar-refractivity contribution in [1.29, 1.82) is 0 Å². The number of aromatic nitrogens is 3. The Kier molecular flexibility index (Phi) is 4.90. The summed E-state index contributed by atoms with van der Waals surface area (Å²) in [4.78, 5) is 12.8. The Hall–Kier alpha value is -3.09. The third-order valence-corrected chi connectivity index (χ3v) is 5.28. The molecule has 1 amide bonds. The number of methoxy groups -OCH3 is 1. The van der Waals surface area contributed by atoms with Gasteiger partial charge < -0.3 is 14.6 Å². The molecule has 0 spiro atoms. The molecule has 0 aliphatic heterocycles. The monoisotopic (exact) mass is 380 g/mol. The first-order chi connectivity index (χ1) is 13.6. The molecule has 2 aromatic heterocycles. The van der Waals surface area contributed by atoms with Gasteiger partial charge in [0, 0.05) is 12.0 Å². The average molecular weight is 380 g/mol. The van der Waals surface area contributed by atoms with Gasteiger partial charge in [0.25, 0.3) is 5.91 Å². The minimum Gasteiger partial charge on any atom is -0.497 e. The minimum atomic E-state index is -0.234. The normalized spacial score (nSPS) is 13.2. The molecule has 2 heterocycles. The van der Waals surface area contributed by atoms with Crippen molar-refractivity contribution >= 4 is 11.6 Å². The van der Waals surface area contributed by atoms with E-state index in [0.717, 1.165) is 65.4 Å². The maximum atomic E-state index is 12.8. The Balaban J connectivity index is 1.54. The summed E-state index contributed by atoms with van der Waals surface area (Å²) >= 11 is 0. The largest absolute Gasteiger partial charge is 0.497 e. The van der Waals surface area contributed by atoms with E-state index < -0.39 is 0 Å². The van der Waals surface area contributed by atoms with Crippen molar-refractivity contribution in [2.45, 2.75) is 46.1 Å². The number of benzene rings is 1. The molecule has 7 nitrogen and oxygen atoms in total. The summed E-state index contributed by atoms with van der Waals surface area (Å²) in [6, 6.07) is 7.87. The van der Waals surface area contributed by atoms with Gasteiger partial charge in [-0.05, 0) is 50.8 Å². The predicted octanol–water partition coefficient (Wildman–Crippen LogP) is 3.68. The summed E-state index contributed by atoms with van der Waals surface area (Å²) < 4.78 is 12.5. The van der Waals surface area contributed by atoms with Crippen molar-refractivity contribution in [1.82, 2.24) is 14.9 Å². The van der Waals surface area contributed by atoms with Crippen molar-refractivity contribution in [3.8, 4) is 5.75 Å². The highest BCUT2D eigenvalue weighted by Gasteiger charge is 2.25. The molecular weight excluding hydrogens is 356 g/mol. The molecule has 146 valence electrons. The number of ether oxygens (including phenoxy) is 1. The maximum absolute atomic E-state index is 12.8. The van der Waals surface area contributed by atoms with Crippen LogP contribution < -0.4 is 10.1 Å². The lowest BCUT2D eigenvalue weighted by molar-refractivity contribution is 0.101. The van der Waals surface area contributed by atoms with Crippen LogP contribution >= 0.6 is 0 Å². The lowest BCUT2D eigenvalue weighted by Gasteiger charge is -2.10. The molecule has 0 bridgehead atoms. The molecule has 1 aliphatic rings. The fraction of sp³-hybridized carbons (Fsp3) is 0.381. The SMILES string of the molecule is COc1ccc(Cn2nc(C)c(NC(=O)c3noc4c3CCCC4)c2C)cc1. The molecule has 0 saturated carbocycles. The molecule has 1 aliphatic carbocycles. The number of carbonyl (C=O) groups is 1. The van der Waals surface area contributed by atoms with Crippen molar-refractivity contribution in [2.24, 2.45) is 0 Å². The Morgan fingerprint density at radius 3 is 2.71 bits per heavy atom. The van der Waals surface area contributed by atoms with Gasteiger partial charge in [-0.3, -0.25) is 9.48 Å². The second-order valence-electron chi connectivity index (χ2n) is 7.15. The van der Waals surface area contributed by atoms with E-state index in [2.05, 4.69) is 15.6 Å². The first-order valence-corrected chi connectivity index (χ1v) is 9.52. The van der Waals surface area contributed by atoms with Crippen molar-refractivity contribution in [2.75, 3.05) is 12.4 Å². The predicted molar refractivity (Wildman–Crippen MR) is 105 cm³/mol. The molecule has 0 radical (unpaired) electrons. The summed E-state index contributed by atoms with van der Waals surface area (Å²) in [6.45, 7) is 4.47. The molecule has 0 saturated heterocycles. The van der Waals surface area contributed by atoms with Crippen LogP contribution in [0.15, 0.2) is 28.8 Å². The number of carbonyl (C=O) groups excluding carboxylic acids is 1. The molecule has 0 fully saturated rings. The highest BCUT2D eigenvalue weighted by atomic mass is 16.5. The van der Waals surface area contributed by atoms with Gasteiger partial charge in [0.1, 0.15) is 11.5 Å². The number of anilines is 1. The van der Waals surface area contributed by atoms with E-state index in [1.54, 1.807) is 7.11 Å². The Bertz CT molecular complexity index is 1000. The molecule has 7 heteroatoms. The fourth-order valence-electron chi connectivity index (χ4n) is 3.67. The van der Waals surface area contributed by atoms with E-state index in [0.29, 0.717) is 12.2 Å². The lowest BCUT2D eigenvalue weighted by Crippen LogP contribution is -2.16. The van der Waals surface area contributed by atoms with Gasteiger partial charge in [0.2, 0.25) is 0 Å². The summed E-state index contributed by atoms with van der Waals surface area (Å²) in [5.74, 6) is 1.43. The first-order valence-electron chi connectivity index (χ1n) is 9.52. The summed E-state index contributed by atoms with van der Waals surface area (Å²) in [5.41, 5.74) is 4.86.